The van der Waals surface area contributed by atoms with Gasteiger partial charge in [-0.05, 0) is 52.2 Å². The van der Waals surface area contributed by atoms with Crippen molar-refractivity contribution in [2.75, 3.05) is 40.3 Å². The van der Waals surface area contributed by atoms with Crippen molar-refractivity contribution < 1.29 is 5.11 Å². The van der Waals surface area contributed by atoms with Crippen molar-refractivity contribution in [3.63, 3.8) is 0 Å². The molecule has 88 valence electrons. The molecule has 1 aliphatic carbocycles. The van der Waals surface area contributed by atoms with Gasteiger partial charge in [0.05, 0.1) is 0 Å². The molecular weight excluding hydrogens is 188 g/mol. The molecule has 1 heterocycles. The van der Waals surface area contributed by atoms with E-state index in [-0.39, 0.29) is 0 Å². The second-order valence-electron chi connectivity index (χ2n) is 5.54. The van der Waals surface area contributed by atoms with Crippen molar-refractivity contribution in [3.05, 3.63) is 0 Å². The van der Waals surface area contributed by atoms with Gasteiger partial charge >= 0.3 is 0 Å². The van der Waals surface area contributed by atoms with E-state index in [0.717, 1.165) is 6.54 Å². The van der Waals surface area contributed by atoms with Crippen LogP contribution in [0, 0.1) is 5.92 Å². The lowest BCUT2D eigenvalue weighted by Crippen LogP contribution is -2.56. The summed E-state index contributed by atoms with van der Waals surface area (Å²) in [6, 6.07) is 0. The van der Waals surface area contributed by atoms with E-state index in [1.54, 1.807) is 0 Å². The van der Waals surface area contributed by atoms with Gasteiger partial charge in [0.25, 0.3) is 0 Å². The molecule has 1 saturated carbocycles. The monoisotopic (exact) mass is 212 g/mol. The molecule has 2 aliphatic rings. The summed E-state index contributed by atoms with van der Waals surface area (Å²) >= 11 is 0. The predicted molar refractivity (Wildman–Crippen MR) is 61.9 cm³/mol. The number of hydrogen-bond acceptors (Lipinski definition) is 3. The van der Waals surface area contributed by atoms with E-state index in [4.69, 9.17) is 5.11 Å². The lowest BCUT2D eigenvalue weighted by Gasteiger charge is -2.49. The summed E-state index contributed by atoms with van der Waals surface area (Å²) in [4.78, 5) is 4.95. The zero-order valence-electron chi connectivity index (χ0n) is 10.1. The number of aliphatic hydroxyl groups is 1. The first-order chi connectivity index (χ1) is 7.16. The van der Waals surface area contributed by atoms with Crippen LogP contribution in [0.1, 0.15) is 25.7 Å². The Hall–Kier alpha value is -0.120. The summed E-state index contributed by atoms with van der Waals surface area (Å²) in [5, 5.41) is 9.13. The van der Waals surface area contributed by atoms with Crippen molar-refractivity contribution in [2.24, 2.45) is 5.92 Å². The molecule has 0 radical (unpaired) electrons. The quantitative estimate of drug-likeness (QED) is 0.746. The standard InChI is InChI=1S/C12H24N2O/c1-13(2)12(5-3-6-12)10-14-7-4-11(8-14)9-15/h11,15H,3-10H2,1-2H3. The highest BCUT2D eigenvalue weighted by molar-refractivity contribution is 4.99. The van der Waals surface area contributed by atoms with Crippen LogP contribution in [0.25, 0.3) is 0 Å². The number of likely N-dealkylation sites (N-methyl/N-ethyl adjacent to an activating group) is 1. The topological polar surface area (TPSA) is 26.7 Å². The summed E-state index contributed by atoms with van der Waals surface area (Å²) < 4.78 is 0. The summed E-state index contributed by atoms with van der Waals surface area (Å²) in [6.07, 6.45) is 5.26. The molecule has 1 atom stereocenters. The third-order valence-electron chi connectivity index (χ3n) is 4.38. The van der Waals surface area contributed by atoms with E-state index in [9.17, 15) is 0 Å². The van der Waals surface area contributed by atoms with Gasteiger partial charge in [0.1, 0.15) is 0 Å². The van der Waals surface area contributed by atoms with E-state index in [2.05, 4.69) is 23.9 Å². The van der Waals surface area contributed by atoms with Crippen LogP contribution in [0.15, 0.2) is 0 Å². The van der Waals surface area contributed by atoms with Crippen molar-refractivity contribution in [2.45, 2.75) is 31.2 Å². The van der Waals surface area contributed by atoms with Crippen LogP contribution in [0.3, 0.4) is 0 Å². The fourth-order valence-corrected chi connectivity index (χ4v) is 2.95. The highest BCUT2D eigenvalue weighted by Gasteiger charge is 2.41. The molecule has 0 aromatic carbocycles. The molecule has 1 saturated heterocycles. The van der Waals surface area contributed by atoms with Crippen LogP contribution >= 0.6 is 0 Å². The maximum Gasteiger partial charge on any atom is 0.0471 e. The van der Waals surface area contributed by atoms with Crippen LogP contribution in [0.5, 0.6) is 0 Å². The smallest absolute Gasteiger partial charge is 0.0471 e. The highest BCUT2D eigenvalue weighted by atomic mass is 16.3. The minimum atomic E-state index is 0.367. The summed E-state index contributed by atoms with van der Waals surface area (Å²) in [7, 11) is 4.41. The Kier molecular flexibility index (Phi) is 3.33. The van der Waals surface area contributed by atoms with E-state index < -0.39 is 0 Å². The zero-order valence-corrected chi connectivity index (χ0v) is 10.1. The first-order valence-electron chi connectivity index (χ1n) is 6.17. The minimum absolute atomic E-state index is 0.367. The number of hydrogen-bond donors (Lipinski definition) is 1. The van der Waals surface area contributed by atoms with Gasteiger partial charge in [-0.25, -0.2) is 0 Å². The Labute approximate surface area is 93.1 Å². The lowest BCUT2D eigenvalue weighted by atomic mass is 9.75. The van der Waals surface area contributed by atoms with E-state index >= 15 is 0 Å². The molecule has 2 rings (SSSR count). The summed E-state index contributed by atoms with van der Waals surface area (Å²) in [6.45, 7) is 3.86. The van der Waals surface area contributed by atoms with Crippen molar-refractivity contribution in [1.29, 1.82) is 0 Å². The molecule has 3 nitrogen and oxygen atoms in total. The molecule has 0 aromatic heterocycles. The number of likely N-dealkylation sites (tertiary alicyclic amines) is 1. The van der Waals surface area contributed by atoms with Gasteiger partial charge in [-0.15, -0.1) is 0 Å². The molecule has 3 heteroatoms. The maximum absolute atomic E-state index is 9.13. The average molecular weight is 212 g/mol. The fraction of sp³-hybridized carbons (Fsp3) is 1.00. The van der Waals surface area contributed by atoms with E-state index in [1.807, 2.05) is 0 Å². The van der Waals surface area contributed by atoms with Crippen LogP contribution in [-0.2, 0) is 0 Å². The molecule has 0 amide bonds. The molecule has 1 unspecified atom stereocenters. The molecular formula is C12H24N2O. The summed E-state index contributed by atoms with van der Waals surface area (Å²) in [5.74, 6) is 0.532. The third kappa shape index (κ3) is 2.19. The molecule has 1 aliphatic heterocycles. The average Bonchev–Trinajstić information content (AvgIpc) is 2.58. The van der Waals surface area contributed by atoms with Crippen molar-refractivity contribution in [1.82, 2.24) is 9.80 Å². The van der Waals surface area contributed by atoms with Crippen LogP contribution in [-0.4, -0.2) is 60.8 Å². The highest BCUT2D eigenvalue weighted by Crippen LogP contribution is 2.37. The minimum Gasteiger partial charge on any atom is -0.396 e. The maximum atomic E-state index is 9.13. The molecule has 2 fully saturated rings. The molecule has 0 spiro atoms. The van der Waals surface area contributed by atoms with Crippen LogP contribution < -0.4 is 0 Å². The number of aliphatic hydroxyl groups excluding tert-OH is 1. The Morgan fingerprint density at radius 1 is 1.40 bits per heavy atom. The summed E-state index contributed by atoms with van der Waals surface area (Å²) in [5.41, 5.74) is 0.449. The van der Waals surface area contributed by atoms with Gasteiger partial charge in [0.2, 0.25) is 0 Å². The number of nitrogens with zero attached hydrogens (tertiary/aromatic N) is 2. The first kappa shape index (κ1) is 11.4. The Bertz CT molecular complexity index is 214. The Morgan fingerprint density at radius 2 is 2.13 bits per heavy atom. The van der Waals surface area contributed by atoms with Crippen LogP contribution in [0.2, 0.25) is 0 Å². The molecule has 15 heavy (non-hydrogen) atoms. The third-order valence-corrected chi connectivity index (χ3v) is 4.38. The predicted octanol–water partition coefficient (Wildman–Crippen LogP) is 0.785. The van der Waals surface area contributed by atoms with Gasteiger partial charge in [-0.1, -0.05) is 0 Å². The fourth-order valence-electron chi connectivity index (χ4n) is 2.95. The van der Waals surface area contributed by atoms with Gasteiger partial charge < -0.3 is 14.9 Å². The normalized spacial score (nSPS) is 30.8. The van der Waals surface area contributed by atoms with Gasteiger partial charge in [0.15, 0.2) is 0 Å². The molecule has 0 aromatic rings. The molecule has 0 bridgehead atoms. The van der Waals surface area contributed by atoms with E-state index in [1.165, 1.54) is 38.8 Å². The van der Waals surface area contributed by atoms with Crippen molar-refractivity contribution in [3.8, 4) is 0 Å². The first-order valence-corrected chi connectivity index (χ1v) is 6.17. The zero-order chi connectivity index (χ0) is 10.9. The SMILES string of the molecule is CN(C)C1(CN2CCC(CO)C2)CCC1. The van der Waals surface area contributed by atoms with Gasteiger partial charge in [-0.2, -0.15) is 0 Å². The van der Waals surface area contributed by atoms with Crippen molar-refractivity contribution >= 4 is 0 Å². The van der Waals surface area contributed by atoms with E-state index in [0.29, 0.717) is 18.1 Å². The Balaban J connectivity index is 1.86. The second kappa shape index (κ2) is 4.40. The largest absolute Gasteiger partial charge is 0.396 e. The number of rotatable bonds is 4. The second-order valence-corrected chi connectivity index (χ2v) is 5.54. The molecule has 1 N–H and O–H groups in total. The van der Waals surface area contributed by atoms with Gasteiger partial charge in [0, 0.05) is 25.2 Å². The van der Waals surface area contributed by atoms with Crippen LogP contribution in [0.4, 0.5) is 0 Å². The van der Waals surface area contributed by atoms with Gasteiger partial charge in [-0.3, -0.25) is 0 Å². The lowest BCUT2D eigenvalue weighted by molar-refractivity contribution is 0.0255. The Morgan fingerprint density at radius 3 is 2.53 bits per heavy atom.